The third kappa shape index (κ3) is 3.58. The summed E-state index contributed by atoms with van der Waals surface area (Å²) in [6, 6.07) is 5.98. The molecule has 6 nitrogen and oxygen atoms in total. The van der Waals surface area contributed by atoms with E-state index in [1.807, 2.05) is 6.33 Å². The van der Waals surface area contributed by atoms with Gasteiger partial charge in [0.25, 0.3) is 0 Å². The van der Waals surface area contributed by atoms with Crippen molar-refractivity contribution in [2.45, 2.75) is 38.9 Å². The summed E-state index contributed by atoms with van der Waals surface area (Å²) in [5, 5.41) is 2.70. The van der Waals surface area contributed by atoms with Crippen LogP contribution in [0.15, 0.2) is 30.6 Å². The van der Waals surface area contributed by atoms with Crippen molar-refractivity contribution in [2.24, 2.45) is 0 Å². The summed E-state index contributed by atoms with van der Waals surface area (Å²) in [5.41, 5.74) is 2.36. The monoisotopic (exact) mass is 357 g/mol. The molecular weight excluding hydrogens is 333 g/mol. The lowest BCUT2D eigenvalue weighted by Crippen LogP contribution is -2.35. The van der Waals surface area contributed by atoms with Crippen LogP contribution in [0.4, 0.5) is 14.9 Å². The van der Waals surface area contributed by atoms with Gasteiger partial charge in [0, 0.05) is 19.6 Å². The zero-order valence-electron chi connectivity index (χ0n) is 14.8. The van der Waals surface area contributed by atoms with Gasteiger partial charge < -0.3 is 14.8 Å². The smallest absolute Gasteiger partial charge is 0.322 e. The van der Waals surface area contributed by atoms with Gasteiger partial charge in [-0.3, -0.25) is 4.90 Å². The van der Waals surface area contributed by atoms with Gasteiger partial charge in [-0.1, -0.05) is 12.1 Å². The summed E-state index contributed by atoms with van der Waals surface area (Å²) < 4.78 is 16.0. The maximum Gasteiger partial charge on any atom is 0.322 e. The molecule has 138 valence electrons. The molecule has 2 amide bonds. The van der Waals surface area contributed by atoms with Gasteiger partial charge in [-0.25, -0.2) is 14.2 Å². The van der Waals surface area contributed by atoms with Crippen LogP contribution in [-0.4, -0.2) is 45.0 Å². The largest absolute Gasteiger partial charge is 0.333 e. The Labute approximate surface area is 152 Å². The molecule has 0 atom stereocenters. The Balaban J connectivity index is 1.49. The van der Waals surface area contributed by atoms with Crippen LogP contribution < -0.4 is 5.32 Å². The molecule has 26 heavy (non-hydrogen) atoms. The first-order valence-corrected chi connectivity index (χ1v) is 9.26. The number of amides is 2. The van der Waals surface area contributed by atoms with Crippen LogP contribution in [0.2, 0.25) is 0 Å². The Morgan fingerprint density at radius 2 is 1.92 bits per heavy atom. The van der Waals surface area contributed by atoms with E-state index in [4.69, 9.17) is 0 Å². The van der Waals surface area contributed by atoms with Crippen LogP contribution in [0.5, 0.6) is 0 Å². The Kier molecular flexibility index (Phi) is 4.88. The number of para-hydroxylation sites is 1. The number of likely N-dealkylation sites (tertiary alicyclic amines) is 1. The minimum atomic E-state index is -0.421. The fourth-order valence-electron chi connectivity index (χ4n) is 3.73. The van der Waals surface area contributed by atoms with Crippen LogP contribution in [0.1, 0.15) is 30.7 Å². The van der Waals surface area contributed by atoms with Crippen molar-refractivity contribution in [3.8, 4) is 0 Å². The summed E-state index contributed by atoms with van der Waals surface area (Å²) >= 11 is 0. The molecular formula is C19H24FN5O. The fraction of sp³-hybridized carbons (Fsp3) is 0.474. The predicted molar refractivity (Wildman–Crippen MR) is 97.2 cm³/mol. The Bertz CT molecular complexity index is 784. The van der Waals surface area contributed by atoms with Gasteiger partial charge in [0.15, 0.2) is 0 Å². The molecule has 7 heteroatoms. The second-order valence-corrected chi connectivity index (χ2v) is 7.00. The van der Waals surface area contributed by atoms with Crippen LogP contribution in [0.25, 0.3) is 0 Å². The topological polar surface area (TPSA) is 53.4 Å². The number of carbonyl (C=O) groups is 1. The number of aryl methyl sites for hydroxylation is 1. The number of imidazole rings is 1. The molecule has 0 spiro atoms. The number of nitrogens with one attached hydrogen (secondary N) is 1. The summed E-state index contributed by atoms with van der Waals surface area (Å²) in [6.45, 7) is 5.07. The van der Waals surface area contributed by atoms with E-state index in [1.54, 1.807) is 23.1 Å². The highest BCUT2D eigenvalue weighted by Crippen LogP contribution is 2.21. The summed E-state index contributed by atoms with van der Waals surface area (Å²) in [7, 11) is 0. The van der Waals surface area contributed by atoms with Crippen molar-refractivity contribution in [3.63, 3.8) is 0 Å². The number of carbonyl (C=O) groups excluding carboxylic acids is 1. The molecule has 2 aliphatic rings. The van der Waals surface area contributed by atoms with E-state index in [0.29, 0.717) is 13.1 Å². The second-order valence-electron chi connectivity index (χ2n) is 7.00. The van der Waals surface area contributed by atoms with Gasteiger partial charge in [-0.2, -0.15) is 0 Å². The number of anilines is 1. The number of fused-ring (bicyclic) bond motifs is 1. The van der Waals surface area contributed by atoms with Gasteiger partial charge in [-0.15, -0.1) is 0 Å². The highest BCUT2D eigenvalue weighted by Gasteiger charge is 2.24. The molecule has 1 N–H and O–H groups in total. The third-order valence-corrected chi connectivity index (χ3v) is 5.18. The third-order valence-electron chi connectivity index (χ3n) is 5.18. The van der Waals surface area contributed by atoms with E-state index < -0.39 is 5.82 Å². The van der Waals surface area contributed by atoms with Gasteiger partial charge in [0.05, 0.1) is 29.9 Å². The first-order valence-electron chi connectivity index (χ1n) is 9.26. The van der Waals surface area contributed by atoms with Crippen LogP contribution in [0.3, 0.4) is 0 Å². The highest BCUT2D eigenvalue weighted by atomic mass is 19.1. The highest BCUT2D eigenvalue weighted by molar-refractivity contribution is 5.89. The number of halogens is 1. The van der Waals surface area contributed by atoms with Crippen molar-refractivity contribution >= 4 is 11.7 Å². The van der Waals surface area contributed by atoms with E-state index in [0.717, 1.165) is 44.0 Å². The standard InChI is InChI=1S/C19H24FN5O/c20-15-6-1-2-7-16(15)22-19(26)24-10-5-11-25-14-21-17(18(25)13-24)12-23-8-3-4-9-23/h1-2,6-7,14H,3-5,8-13H2,(H,22,26). The van der Waals surface area contributed by atoms with Gasteiger partial charge in [0.1, 0.15) is 5.82 Å². The van der Waals surface area contributed by atoms with Gasteiger partial charge in [0.2, 0.25) is 0 Å². The summed E-state index contributed by atoms with van der Waals surface area (Å²) in [6.07, 6.45) is 5.23. The van der Waals surface area contributed by atoms with Crippen molar-refractivity contribution in [1.29, 1.82) is 0 Å². The lowest BCUT2D eigenvalue weighted by molar-refractivity contribution is 0.209. The van der Waals surface area contributed by atoms with Crippen molar-refractivity contribution < 1.29 is 9.18 Å². The number of benzene rings is 1. The maximum atomic E-state index is 13.8. The normalized spacial score (nSPS) is 17.8. The molecule has 0 unspecified atom stereocenters. The molecule has 0 radical (unpaired) electrons. The fourth-order valence-corrected chi connectivity index (χ4v) is 3.73. The van der Waals surface area contributed by atoms with Crippen LogP contribution >= 0.6 is 0 Å². The number of nitrogens with zero attached hydrogens (tertiary/aromatic N) is 4. The van der Waals surface area contributed by atoms with Crippen LogP contribution in [0, 0.1) is 5.82 Å². The van der Waals surface area contributed by atoms with Crippen molar-refractivity contribution in [3.05, 3.63) is 47.8 Å². The second kappa shape index (κ2) is 7.45. The van der Waals surface area contributed by atoms with E-state index in [-0.39, 0.29) is 11.7 Å². The summed E-state index contributed by atoms with van der Waals surface area (Å²) in [4.78, 5) is 21.4. The predicted octanol–water partition coefficient (Wildman–Crippen LogP) is 3.06. The van der Waals surface area contributed by atoms with E-state index in [9.17, 15) is 9.18 Å². The molecule has 1 fully saturated rings. The van der Waals surface area contributed by atoms with Crippen LogP contribution in [-0.2, 0) is 19.6 Å². The average molecular weight is 357 g/mol. The summed E-state index contributed by atoms with van der Waals surface area (Å²) in [5.74, 6) is -0.421. The minimum Gasteiger partial charge on any atom is -0.333 e. The molecule has 1 aromatic heterocycles. The molecule has 4 rings (SSSR count). The van der Waals surface area contributed by atoms with E-state index in [1.165, 1.54) is 18.9 Å². The van der Waals surface area contributed by atoms with Crippen molar-refractivity contribution in [1.82, 2.24) is 19.4 Å². The molecule has 2 aliphatic heterocycles. The Morgan fingerprint density at radius 1 is 1.12 bits per heavy atom. The zero-order valence-corrected chi connectivity index (χ0v) is 14.8. The lowest BCUT2D eigenvalue weighted by atomic mass is 10.2. The number of hydrogen-bond donors (Lipinski definition) is 1. The molecule has 1 saturated heterocycles. The molecule has 2 aromatic rings. The molecule has 0 saturated carbocycles. The average Bonchev–Trinajstić information content (AvgIpc) is 3.22. The Morgan fingerprint density at radius 3 is 2.73 bits per heavy atom. The Hall–Kier alpha value is -2.41. The zero-order chi connectivity index (χ0) is 17.9. The molecule has 0 aliphatic carbocycles. The number of aromatic nitrogens is 2. The molecule has 3 heterocycles. The SMILES string of the molecule is O=C(Nc1ccccc1F)N1CCCn2cnc(CN3CCCC3)c2C1. The van der Waals surface area contributed by atoms with Gasteiger partial charge in [-0.05, 0) is 44.5 Å². The van der Waals surface area contributed by atoms with Gasteiger partial charge >= 0.3 is 6.03 Å². The number of rotatable bonds is 3. The quantitative estimate of drug-likeness (QED) is 0.919. The first-order chi connectivity index (χ1) is 12.7. The molecule has 0 bridgehead atoms. The first kappa shape index (κ1) is 17.0. The minimum absolute atomic E-state index is 0.215. The maximum absolute atomic E-state index is 13.8. The van der Waals surface area contributed by atoms with E-state index in [2.05, 4.69) is 19.8 Å². The molecule has 1 aromatic carbocycles. The van der Waals surface area contributed by atoms with Crippen molar-refractivity contribution in [2.75, 3.05) is 25.0 Å². The number of urea groups is 1. The lowest BCUT2D eigenvalue weighted by Gasteiger charge is -2.22. The van der Waals surface area contributed by atoms with E-state index >= 15 is 0 Å². The number of hydrogen-bond acceptors (Lipinski definition) is 3.